The minimum absolute atomic E-state index is 0.0294. The Morgan fingerprint density at radius 3 is 2.39 bits per heavy atom. The minimum atomic E-state index is -3.28. The first kappa shape index (κ1) is 21.9. The molecule has 0 aromatic heterocycles. The van der Waals surface area contributed by atoms with E-state index in [1.807, 2.05) is 24.3 Å². The first-order valence-electron chi connectivity index (χ1n) is 9.33. The Morgan fingerprint density at radius 1 is 1.07 bits per heavy atom. The summed E-state index contributed by atoms with van der Waals surface area (Å²) in [6, 6.07) is 16.1. The molecule has 7 heteroatoms. The maximum atomic E-state index is 11.7. The van der Waals surface area contributed by atoms with E-state index in [0.29, 0.717) is 18.4 Å². The van der Waals surface area contributed by atoms with Gasteiger partial charge in [0.25, 0.3) is 0 Å². The SMILES string of the molecule is CN=C(NCc1cccc(CS(=O)(=O)NC)c1)NCC(C)c1ccc(C)cc1. The molecule has 1 atom stereocenters. The highest BCUT2D eigenvalue weighted by molar-refractivity contribution is 7.88. The van der Waals surface area contributed by atoms with Gasteiger partial charge in [-0.05, 0) is 36.6 Å². The zero-order chi connectivity index (χ0) is 20.6. The molecule has 2 aromatic rings. The van der Waals surface area contributed by atoms with E-state index in [1.165, 1.54) is 18.2 Å². The third-order valence-electron chi connectivity index (χ3n) is 4.56. The highest BCUT2D eigenvalue weighted by Crippen LogP contribution is 2.14. The van der Waals surface area contributed by atoms with Crippen molar-refractivity contribution in [1.82, 2.24) is 15.4 Å². The Bertz CT molecular complexity index is 893. The molecule has 0 amide bonds. The van der Waals surface area contributed by atoms with Crippen molar-refractivity contribution in [3.05, 3.63) is 70.8 Å². The van der Waals surface area contributed by atoms with Crippen molar-refractivity contribution in [3.63, 3.8) is 0 Å². The van der Waals surface area contributed by atoms with Crippen molar-refractivity contribution in [2.45, 2.75) is 32.1 Å². The molecule has 152 valence electrons. The topological polar surface area (TPSA) is 82.6 Å². The van der Waals surface area contributed by atoms with E-state index in [2.05, 4.69) is 58.5 Å². The second-order valence-corrected chi connectivity index (χ2v) is 8.83. The standard InChI is InChI=1S/C21H30N4O2S/c1-16-8-10-20(11-9-16)17(2)13-24-21(22-3)25-14-18-6-5-7-19(12-18)15-28(26,27)23-4/h5-12,17,23H,13-15H2,1-4H3,(H2,22,24,25). The highest BCUT2D eigenvalue weighted by Gasteiger charge is 2.09. The summed E-state index contributed by atoms with van der Waals surface area (Å²) in [5.41, 5.74) is 4.29. The van der Waals surface area contributed by atoms with Crippen LogP contribution in [0, 0.1) is 6.92 Å². The largest absolute Gasteiger partial charge is 0.356 e. The number of hydrogen-bond acceptors (Lipinski definition) is 3. The summed E-state index contributed by atoms with van der Waals surface area (Å²) >= 11 is 0. The number of benzene rings is 2. The quantitative estimate of drug-likeness (QED) is 0.468. The molecule has 0 aliphatic heterocycles. The van der Waals surface area contributed by atoms with Crippen molar-refractivity contribution in [2.24, 2.45) is 4.99 Å². The zero-order valence-electron chi connectivity index (χ0n) is 17.0. The number of hydrogen-bond donors (Lipinski definition) is 3. The molecular formula is C21H30N4O2S. The molecule has 2 rings (SSSR count). The molecule has 0 bridgehead atoms. The Labute approximate surface area is 168 Å². The van der Waals surface area contributed by atoms with E-state index in [4.69, 9.17) is 0 Å². The Hall–Kier alpha value is -2.38. The maximum absolute atomic E-state index is 11.7. The van der Waals surface area contributed by atoms with Gasteiger partial charge in [0.05, 0.1) is 5.75 Å². The maximum Gasteiger partial charge on any atom is 0.215 e. The van der Waals surface area contributed by atoms with Crippen molar-refractivity contribution in [3.8, 4) is 0 Å². The molecule has 1 unspecified atom stereocenters. The van der Waals surface area contributed by atoms with Gasteiger partial charge in [0.15, 0.2) is 5.96 Å². The second kappa shape index (κ2) is 10.2. The summed E-state index contributed by atoms with van der Waals surface area (Å²) < 4.78 is 25.8. The van der Waals surface area contributed by atoms with Gasteiger partial charge in [0, 0.05) is 20.1 Å². The molecule has 6 nitrogen and oxygen atoms in total. The first-order chi connectivity index (χ1) is 13.3. The molecule has 2 aromatic carbocycles. The van der Waals surface area contributed by atoms with E-state index in [9.17, 15) is 8.42 Å². The van der Waals surface area contributed by atoms with Crippen LogP contribution < -0.4 is 15.4 Å². The van der Waals surface area contributed by atoms with E-state index < -0.39 is 10.0 Å². The summed E-state index contributed by atoms with van der Waals surface area (Å²) in [6.45, 7) is 5.59. The molecule has 0 heterocycles. The van der Waals surface area contributed by atoms with E-state index in [1.54, 1.807) is 7.05 Å². The predicted molar refractivity (Wildman–Crippen MR) is 116 cm³/mol. The van der Waals surface area contributed by atoms with Gasteiger partial charge < -0.3 is 10.6 Å². The summed E-state index contributed by atoms with van der Waals surface area (Å²) in [7, 11) is -0.117. The van der Waals surface area contributed by atoms with Crippen LogP contribution >= 0.6 is 0 Å². The van der Waals surface area contributed by atoms with Crippen LogP contribution in [0.4, 0.5) is 0 Å². The van der Waals surface area contributed by atoms with Gasteiger partial charge >= 0.3 is 0 Å². The second-order valence-electron chi connectivity index (χ2n) is 6.90. The molecule has 0 radical (unpaired) electrons. The molecule has 28 heavy (non-hydrogen) atoms. The molecule has 3 N–H and O–H groups in total. The third kappa shape index (κ3) is 6.98. The van der Waals surface area contributed by atoms with Crippen LogP contribution in [-0.2, 0) is 22.3 Å². The number of aliphatic imine (C=N–C) groups is 1. The number of rotatable bonds is 8. The monoisotopic (exact) mass is 402 g/mol. The van der Waals surface area contributed by atoms with Crippen LogP contribution in [-0.4, -0.2) is 35.0 Å². The molecule has 0 saturated heterocycles. The number of sulfonamides is 1. The summed E-state index contributed by atoms with van der Waals surface area (Å²) in [6.07, 6.45) is 0. The Balaban J connectivity index is 1.89. The lowest BCUT2D eigenvalue weighted by molar-refractivity contribution is 0.587. The fourth-order valence-corrected chi connectivity index (χ4v) is 3.55. The van der Waals surface area contributed by atoms with Crippen LogP contribution in [0.1, 0.15) is 35.1 Å². The lowest BCUT2D eigenvalue weighted by Crippen LogP contribution is -2.38. The van der Waals surface area contributed by atoms with Gasteiger partial charge in [-0.3, -0.25) is 4.99 Å². The lowest BCUT2D eigenvalue weighted by Gasteiger charge is -2.17. The van der Waals surface area contributed by atoms with Crippen molar-refractivity contribution >= 4 is 16.0 Å². The summed E-state index contributed by atoms with van der Waals surface area (Å²) in [4.78, 5) is 4.27. The number of aryl methyl sites for hydroxylation is 1. The van der Waals surface area contributed by atoms with Crippen molar-refractivity contribution in [1.29, 1.82) is 0 Å². The van der Waals surface area contributed by atoms with Crippen LogP contribution in [0.3, 0.4) is 0 Å². The van der Waals surface area contributed by atoms with Crippen LogP contribution in [0.25, 0.3) is 0 Å². The smallest absolute Gasteiger partial charge is 0.215 e. The van der Waals surface area contributed by atoms with Gasteiger partial charge in [0.2, 0.25) is 10.0 Å². The van der Waals surface area contributed by atoms with Gasteiger partial charge in [-0.25, -0.2) is 13.1 Å². The predicted octanol–water partition coefficient (Wildman–Crippen LogP) is 2.51. The van der Waals surface area contributed by atoms with Gasteiger partial charge in [-0.2, -0.15) is 0 Å². The average molecular weight is 403 g/mol. The molecule has 0 aliphatic rings. The Morgan fingerprint density at radius 2 is 1.75 bits per heavy atom. The Kier molecular flexibility index (Phi) is 8.02. The van der Waals surface area contributed by atoms with Crippen LogP contribution in [0.2, 0.25) is 0 Å². The fourth-order valence-electron chi connectivity index (χ4n) is 2.79. The third-order valence-corrected chi connectivity index (χ3v) is 5.90. The fraction of sp³-hybridized carbons (Fsp3) is 0.381. The van der Waals surface area contributed by atoms with Crippen LogP contribution in [0.15, 0.2) is 53.5 Å². The first-order valence-corrected chi connectivity index (χ1v) is 11.0. The molecule has 0 saturated carbocycles. The molecular weight excluding hydrogens is 372 g/mol. The van der Waals surface area contributed by atoms with Crippen molar-refractivity contribution in [2.75, 3.05) is 20.6 Å². The average Bonchev–Trinajstić information content (AvgIpc) is 2.68. The van der Waals surface area contributed by atoms with E-state index in [-0.39, 0.29) is 5.75 Å². The number of nitrogens with zero attached hydrogens (tertiary/aromatic N) is 1. The van der Waals surface area contributed by atoms with E-state index >= 15 is 0 Å². The molecule has 0 aliphatic carbocycles. The summed E-state index contributed by atoms with van der Waals surface area (Å²) in [5.74, 6) is 1.04. The van der Waals surface area contributed by atoms with Crippen molar-refractivity contribution < 1.29 is 8.42 Å². The number of nitrogens with one attached hydrogen (secondary N) is 3. The number of guanidine groups is 1. The summed E-state index contributed by atoms with van der Waals surface area (Å²) in [5, 5.41) is 6.63. The van der Waals surface area contributed by atoms with Gasteiger partial charge in [0.1, 0.15) is 0 Å². The van der Waals surface area contributed by atoms with Crippen LogP contribution in [0.5, 0.6) is 0 Å². The lowest BCUT2D eigenvalue weighted by atomic mass is 10.0. The normalized spacial score (nSPS) is 13.2. The van der Waals surface area contributed by atoms with Gasteiger partial charge in [-0.1, -0.05) is 61.0 Å². The minimum Gasteiger partial charge on any atom is -0.356 e. The van der Waals surface area contributed by atoms with E-state index in [0.717, 1.165) is 17.7 Å². The van der Waals surface area contributed by atoms with Gasteiger partial charge in [-0.15, -0.1) is 0 Å². The molecule has 0 fully saturated rings. The molecule has 0 spiro atoms. The highest BCUT2D eigenvalue weighted by atomic mass is 32.2. The zero-order valence-corrected chi connectivity index (χ0v) is 17.8.